The molecule has 3 heteroatoms. The van der Waals surface area contributed by atoms with Gasteiger partial charge in [0, 0.05) is 31.8 Å². The van der Waals surface area contributed by atoms with Crippen molar-refractivity contribution in [2.45, 2.75) is 64.0 Å². The van der Waals surface area contributed by atoms with E-state index < -0.39 is 0 Å². The Labute approximate surface area is 112 Å². The molecule has 2 unspecified atom stereocenters. The molecule has 0 radical (unpaired) electrons. The van der Waals surface area contributed by atoms with Gasteiger partial charge >= 0.3 is 0 Å². The van der Waals surface area contributed by atoms with Crippen molar-refractivity contribution < 1.29 is 4.74 Å². The van der Waals surface area contributed by atoms with Gasteiger partial charge in [-0.15, -0.1) is 0 Å². The maximum Gasteiger partial charge on any atom is 0.0480 e. The van der Waals surface area contributed by atoms with Crippen molar-refractivity contribution in [1.29, 1.82) is 0 Å². The smallest absolute Gasteiger partial charge is 0.0480 e. The van der Waals surface area contributed by atoms with Gasteiger partial charge in [-0.2, -0.15) is 0 Å². The van der Waals surface area contributed by atoms with E-state index in [2.05, 4.69) is 17.1 Å². The minimum Gasteiger partial charge on any atom is -0.381 e. The standard InChI is InChI=1S/C15H30N2O/c1-2-10-17(13-14-6-3-4-9-16-14)15-7-5-11-18-12-8-15/h14-16H,2-13H2,1H3. The first-order valence-corrected chi connectivity index (χ1v) is 7.95. The van der Waals surface area contributed by atoms with Crippen molar-refractivity contribution in [2.75, 3.05) is 32.8 Å². The van der Waals surface area contributed by atoms with Crippen molar-refractivity contribution in [2.24, 2.45) is 0 Å². The molecule has 0 aromatic rings. The van der Waals surface area contributed by atoms with Crippen LogP contribution in [0, 0.1) is 0 Å². The average molecular weight is 254 g/mol. The topological polar surface area (TPSA) is 24.5 Å². The first-order chi connectivity index (χ1) is 8.90. The van der Waals surface area contributed by atoms with Crippen LogP contribution in [0.15, 0.2) is 0 Å². The maximum atomic E-state index is 5.60. The molecular formula is C15H30N2O. The Morgan fingerprint density at radius 1 is 1.11 bits per heavy atom. The lowest BCUT2D eigenvalue weighted by molar-refractivity contribution is 0.122. The number of rotatable bonds is 5. The number of piperidine rings is 1. The SMILES string of the molecule is CCCN(CC1CCCCN1)C1CCCOCC1. The van der Waals surface area contributed by atoms with Crippen LogP contribution in [0.5, 0.6) is 0 Å². The fraction of sp³-hybridized carbons (Fsp3) is 1.00. The number of hydrogen-bond donors (Lipinski definition) is 1. The van der Waals surface area contributed by atoms with E-state index in [1.807, 2.05) is 0 Å². The molecule has 3 nitrogen and oxygen atoms in total. The monoisotopic (exact) mass is 254 g/mol. The Kier molecular flexibility index (Phi) is 6.46. The van der Waals surface area contributed by atoms with Crippen LogP contribution in [0.4, 0.5) is 0 Å². The van der Waals surface area contributed by atoms with E-state index in [-0.39, 0.29) is 0 Å². The summed E-state index contributed by atoms with van der Waals surface area (Å²) in [6, 6.07) is 1.49. The lowest BCUT2D eigenvalue weighted by atomic mass is 10.0. The molecule has 0 spiro atoms. The molecule has 2 rings (SSSR count). The zero-order valence-electron chi connectivity index (χ0n) is 12.0. The van der Waals surface area contributed by atoms with Crippen LogP contribution in [0.3, 0.4) is 0 Å². The number of ether oxygens (including phenoxy) is 1. The summed E-state index contributed by atoms with van der Waals surface area (Å²) in [5, 5.41) is 3.69. The molecule has 2 fully saturated rings. The zero-order valence-corrected chi connectivity index (χ0v) is 12.0. The molecule has 0 bridgehead atoms. The van der Waals surface area contributed by atoms with Gasteiger partial charge in [0.1, 0.15) is 0 Å². The van der Waals surface area contributed by atoms with E-state index in [9.17, 15) is 0 Å². The highest BCUT2D eigenvalue weighted by atomic mass is 16.5. The number of hydrogen-bond acceptors (Lipinski definition) is 3. The molecular weight excluding hydrogens is 224 g/mol. The summed E-state index contributed by atoms with van der Waals surface area (Å²) >= 11 is 0. The maximum absolute atomic E-state index is 5.60. The van der Waals surface area contributed by atoms with Gasteiger partial charge in [0.25, 0.3) is 0 Å². The van der Waals surface area contributed by atoms with Crippen molar-refractivity contribution in [1.82, 2.24) is 10.2 Å². The van der Waals surface area contributed by atoms with Gasteiger partial charge in [0.15, 0.2) is 0 Å². The fourth-order valence-electron chi connectivity index (χ4n) is 3.32. The van der Waals surface area contributed by atoms with E-state index in [1.54, 1.807) is 0 Å². The lowest BCUT2D eigenvalue weighted by Crippen LogP contribution is -2.47. The van der Waals surface area contributed by atoms with Gasteiger partial charge in [0.2, 0.25) is 0 Å². The Bertz CT molecular complexity index is 209. The molecule has 0 aromatic heterocycles. The van der Waals surface area contributed by atoms with E-state index in [4.69, 9.17) is 4.74 Å². The van der Waals surface area contributed by atoms with Crippen molar-refractivity contribution in [3.63, 3.8) is 0 Å². The summed E-state index contributed by atoms with van der Waals surface area (Å²) in [5.74, 6) is 0. The Morgan fingerprint density at radius 2 is 2.06 bits per heavy atom. The predicted octanol–water partition coefficient (Wildman–Crippen LogP) is 2.41. The minimum absolute atomic E-state index is 0.731. The zero-order chi connectivity index (χ0) is 12.6. The second-order valence-electron chi connectivity index (χ2n) is 5.84. The van der Waals surface area contributed by atoms with Crippen LogP contribution in [0.1, 0.15) is 51.9 Å². The molecule has 2 aliphatic heterocycles. The third kappa shape index (κ3) is 4.52. The van der Waals surface area contributed by atoms with Crippen molar-refractivity contribution in [3.05, 3.63) is 0 Å². The molecule has 1 N–H and O–H groups in total. The Balaban J connectivity index is 1.84. The summed E-state index contributed by atoms with van der Waals surface area (Å²) in [5.41, 5.74) is 0. The lowest BCUT2D eigenvalue weighted by Gasteiger charge is -2.35. The Hall–Kier alpha value is -0.120. The molecule has 0 saturated carbocycles. The molecule has 2 atom stereocenters. The highest BCUT2D eigenvalue weighted by Gasteiger charge is 2.23. The Morgan fingerprint density at radius 3 is 2.83 bits per heavy atom. The van der Waals surface area contributed by atoms with Crippen LogP contribution in [0.25, 0.3) is 0 Å². The van der Waals surface area contributed by atoms with Gasteiger partial charge in [-0.05, 0) is 51.6 Å². The summed E-state index contributed by atoms with van der Waals surface area (Å²) in [4.78, 5) is 2.73. The van der Waals surface area contributed by atoms with Crippen molar-refractivity contribution in [3.8, 4) is 0 Å². The summed E-state index contributed by atoms with van der Waals surface area (Å²) in [6.07, 6.45) is 9.20. The van der Waals surface area contributed by atoms with Gasteiger partial charge in [-0.1, -0.05) is 13.3 Å². The van der Waals surface area contributed by atoms with Crippen LogP contribution in [-0.2, 0) is 4.74 Å². The molecule has 0 aromatic carbocycles. The number of nitrogens with one attached hydrogen (secondary N) is 1. The van der Waals surface area contributed by atoms with Crippen LogP contribution < -0.4 is 5.32 Å². The average Bonchev–Trinajstić information content (AvgIpc) is 2.68. The molecule has 2 saturated heterocycles. The summed E-state index contributed by atoms with van der Waals surface area (Å²) in [6.45, 7) is 7.95. The molecule has 0 aliphatic carbocycles. The largest absolute Gasteiger partial charge is 0.381 e. The molecule has 2 heterocycles. The van der Waals surface area contributed by atoms with Gasteiger partial charge in [-0.3, -0.25) is 4.90 Å². The summed E-state index contributed by atoms with van der Waals surface area (Å²) < 4.78 is 5.60. The quantitative estimate of drug-likeness (QED) is 0.815. The first kappa shape index (κ1) is 14.3. The highest BCUT2D eigenvalue weighted by Crippen LogP contribution is 2.18. The van der Waals surface area contributed by atoms with Gasteiger partial charge in [0.05, 0.1) is 0 Å². The molecule has 18 heavy (non-hydrogen) atoms. The molecule has 106 valence electrons. The van der Waals surface area contributed by atoms with E-state index in [0.717, 1.165) is 25.3 Å². The van der Waals surface area contributed by atoms with E-state index in [0.29, 0.717) is 0 Å². The van der Waals surface area contributed by atoms with Crippen LogP contribution in [0.2, 0.25) is 0 Å². The second kappa shape index (κ2) is 8.13. The van der Waals surface area contributed by atoms with Crippen LogP contribution >= 0.6 is 0 Å². The highest BCUT2D eigenvalue weighted by molar-refractivity contribution is 4.81. The first-order valence-electron chi connectivity index (χ1n) is 7.95. The normalized spacial score (nSPS) is 30.3. The number of nitrogens with zero attached hydrogens (tertiary/aromatic N) is 1. The third-order valence-corrected chi connectivity index (χ3v) is 4.32. The molecule has 2 aliphatic rings. The van der Waals surface area contributed by atoms with E-state index >= 15 is 0 Å². The van der Waals surface area contributed by atoms with Gasteiger partial charge < -0.3 is 10.1 Å². The second-order valence-corrected chi connectivity index (χ2v) is 5.84. The molecule has 0 amide bonds. The predicted molar refractivity (Wildman–Crippen MR) is 76.0 cm³/mol. The minimum atomic E-state index is 0.731. The van der Waals surface area contributed by atoms with Crippen LogP contribution in [-0.4, -0.2) is 49.8 Å². The fourth-order valence-corrected chi connectivity index (χ4v) is 3.32. The van der Waals surface area contributed by atoms with Gasteiger partial charge in [-0.25, -0.2) is 0 Å². The van der Waals surface area contributed by atoms with Crippen molar-refractivity contribution >= 4 is 0 Å². The summed E-state index contributed by atoms with van der Waals surface area (Å²) in [7, 11) is 0. The van der Waals surface area contributed by atoms with E-state index in [1.165, 1.54) is 64.6 Å². The third-order valence-electron chi connectivity index (χ3n) is 4.32.